The highest BCUT2D eigenvalue weighted by atomic mass is 32.2. The number of halogens is 2. The van der Waals surface area contributed by atoms with Crippen LogP contribution in [0.15, 0.2) is 52.5 Å². The zero-order valence-electron chi connectivity index (χ0n) is 17.3. The minimum absolute atomic E-state index is 0.0513. The molecule has 172 valence electrons. The van der Waals surface area contributed by atoms with Crippen LogP contribution in [-0.2, 0) is 10.0 Å². The van der Waals surface area contributed by atoms with Crippen LogP contribution in [0.4, 0.5) is 8.78 Å². The lowest BCUT2D eigenvalue weighted by atomic mass is 10.2. The Hall–Kier alpha value is -3.05. The van der Waals surface area contributed by atoms with Crippen LogP contribution in [0.2, 0.25) is 0 Å². The van der Waals surface area contributed by atoms with Crippen LogP contribution in [0.1, 0.15) is 35.2 Å². The molecule has 0 aliphatic carbocycles. The number of alkyl halides is 2. The summed E-state index contributed by atoms with van der Waals surface area (Å²) in [6.45, 7) is -2.06. The number of rotatable bonds is 8. The van der Waals surface area contributed by atoms with E-state index in [2.05, 4.69) is 15.3 Å². The standard InChI is InChI=1S/C21H23F2N3O5S/c1-30-19-12-15(8-9-18(19)31-21(22)23)14-24-25-20(27)16-6-5-7-17(13-16)32(28,29)26-10-3-2-4-11-26/h5-9,12-14,21H,2-4,10-11H2,1H3,(H,25,27)/b24-14-. The highest BCUT2D eigenvalue weighted by molar-refractivity contribution is 7.89. The fraction of sp³-hybridized carbons (Fsp3) is 0.333. The molecule has 1 saturated heterocycles. The van der Waals surface area contributed by atoms with Gasteiger partial charge >= 0.3 is 6.61 Å². The Labute approximate surface area is 184 Å². The van der Waals surface area contributed by atoms with Gasteiger partial charge in [-0.05, 0) is 54.8 Å². The Bertz CT molecular complexity index is 1090. The Morgan fingerprint density at radius 1 is 1.12 bits per heavy atom. The fourth-order valence-electron chi connectivity index (χ4n) is 3.24. The van der Waals surface area contributed by atoms with Crippen LogP contribution in [0.25, 0.3) is 0 Å². The summed E-state index contributed by atoms with van der Waals surface area (Å²) in [5.41, 5.74) is 2.92. The van der Waals surface area contributed by atoms with E-state index in [1.54, 1.807) is 0 Å². The molecule has 1 fully saturated rings. The second kappa shape index (κ2) is 10.5. The summed E-state index contributed by atoms with van der Waals surface area (Å²) in [6.07, 6.45) is 3.92. The molecular formula is C21H23F2N3O5S. The van der Waals surface area contributed by atoms with Crippen molar-refractivity contribution >= 4 is 22.1 Å². The molecular weight excluding hydrogens is 444 g/mol. The summed E-state index contributed by atoms with van der Waals surface area (Å²) in [5, 5.41) is 3.84. The van der Waals surface area contributed by atoms with Gasteiger partial charge in [-0.3, -0.25) is 4.79 Å². The predicted molar refractivity (Wildman–Crippen MR) is 114 cm³/mol. The van der Waals surface area contributed by atoms with Crippen molar-refractivity contribution < 1.29 is 31.5 Å². The Balaban J connectivity index is 1.69. The summed E-state index contributed by atoms with van der Waals surface area (Å²) in [6, 6.07) is 9.93. The number of nitrogens with zero attached hydrogens (tertiary/aromatic N) is 2. The zero-order valence-corrected chi connectivity index (χ0v) is 18.1. The minimum Gasteiger partial charge on any atom is -0.493 e. The van der Waals surface area contributed by atoms with Gasteiger partial charge in [0.25, 0.3) is 5.91 Å². The third-order valence-corrected chi connectivity index (χ3v) is 6.73. The number of methoxy groups -OCH3 is 1. The molecule has 1 N–H and O–H groups in total. The fourth-order valence-corrected chi connectivity index (χ4v) is 4.80. The molecule has 1 aliphatic heterocycles. The van der Waals surface area contributed by atoms with E-state index < -0.39 is 22.5 Å². The highest BCUT2D eigenvalue weighted by Crippen LogP contribution is 2.29. The molecule has 0 atom stereocenters. The van der Waals surface area contributed by atoms with Gasteiger partial charge in [0.2, 0.25) is 10.0 Å². The summed E-state index contributed by atoms with van der Waals surface area (Å²) in [4.78, 5) is 12.5. The monoisotopic (exact) mass is 467 g/mol. The lowest BCUT2D eigenvalue weighted by Gasteiger charge is -2.25. The van der Waals surface area contributed by atoms with E-state index in [0.717, 1.165) is 19.3 Å². The molecule has 0 aromatic heterocycles. The summed E-state index contributed by atoms with van der Waals surface area (Å²) in [7, 11) is -2.36. The van der Waals surface area contributed by atoms with E-state index in [9.17, 15) is 22.0 Å². The van der Waals surface area contributed by atoms with Crippen LogP contribution in [-0.4, -0.2) is 51.7 Å². The van der Waals surface area contributed by atoms with Crippen molar-refractivity contribution in [3.63, 3.8) is 0 Å². The van der Waals surface area contributed by atoms with E-state index in [1.807, 2.05) is 0 Å². The van der Waals surface area contributed by atoms with Gasteiger partial charge in [0.15, 0.2) is 11.5 Å². The number of nitrogens with one attached hydrogen (secondary N) is 1. The van der Waals surface area contributed by atoms with E-state index in [-0.39, 0.29) is 22.0 Å². The van der Waals surface area contributed by atoms with Crippen LogP contribution >= 0.6 is 0 Å². The second-order valence-electron chi connectivity index (χ2n) is 6.98. The number of amides is 1. The Morgan fingerprint density at radius 2 is 1.88 bits per heavy atom. The van der Waals surface area contributed by atoms with Crippen LogP contribution < -0.4 is 14.9 Å². The quantitative estimate of drug-likeness (QED) is 0.475. The molecule has 0 bridgehead atoms. The average molecular weight is 467 g/mol. The molecule has 1 heterocycles. The van der Waals surface area contributed by atoms with Gasteiger partial charge in [-0.1, -0.05) is 12.5 Å². The number of piperidine rings is 1. The van der Waals surface area contributed by atoms with Crippen LogP contribution in [0, 0.1) is 0 Å². The molecule has 3 rings (SSSR count). The van der Waals surface area contributed by atoms with Gasteiger partial charge in [0.05, 0.1) is 18.2 Å². The molecule has 0 radical (unpaired) electrons. The third kappa shape index (κ3) is 5.80. The maximum absolute atomic E-state index is 12.8. The number of hydrogen-bond donors (Lipinski definition) is 1. The van der Waals surface area contributed by atoms with E-state index in [0.29, 0.717) is 18.7 Å². The summed E-state index contributed by atoms with van der Waals surface area (Å²) in [5.74, 6) is -0.645. The van der Waals surface area contributed by atoms with Crippen molar-refractivity contribution in [2.75, 3.05) is 20.2 Å². The number of carbonyl (C=O) groups is 1. The first kappa shape index (κ1) is 23.6. The number of benzene rings is 2. The van der Waals surface area contributed by atoms with Gasteiger partial charge in [-0.15, -0.1) is 0 Å². The van der Waals surface area contributed by atoms with Crippen molar-refractivity contribution in [2.24, 2.45) is 5.10 Å². The Kier molecular flexibility index (Phi) is 7.75. The smallest absolute Gasteiger partial charge is 0.387 e. The maximum Gasteiger partial charge on any atom is 0.387 e. The van der Waals surface area contributed by atoms with E-state index in [4.69, 9.17) is 4.74 Å². The minimum atomic E-state index is -3.67. The molecule has 1 amide bonds. The van der Waals surface area contributed by atoms with Gasteiger partial charge in [0.1, 0.15) is 0 Å². The molecule has 32 heavy (non-hydrogen) atoms. The first-order valence-electron chi connectivity index (χ1n) is 9.88. The number of carbonyl (C=O) groups excluding carboxylic acids is 1. The molecule has 0 saturated carbocycles. The largest absolute Gasteiger partial charge is 0.493 e. The van der Waals surface area contributed by atoms with Crippen molar-refractivity contribution in [1.82, 2.24) is 9.73 Å². The molecule has 1 aliphatic rings. The van der Waals surface area contributed by atoms with Crippen molar-refractivity contribution in [1.29, 1.82) is 0 Å². The van der Waals surface area contributed by atoms with Gasteiger partial charge in [0, 0.05) is 18.7 Å². The number of ether oxygens (including phenoxy) is 2. The lowest BCUT2D eigenvalue weighted by molar-refractivity contribution is -0.0512. The second-order valence-corrected chi connectivity index (χ2v) is 8.92. The first-order valence-corrected chi connectivity index (χ1v) is 11.3. The average Bonchev–Trinajstić information content (AvgIpc) is 2.80. The van der Waals surface area contributed by atoms with Crippen molar-refractivity contribution in [2.45, 2.75) is 30.8 Å². The van der Waals surface area contributed by atoms with Crippen molar-refractivity contribution in [3.8, 4) is 11.5 Å². The molecule has 2 aromatic carbocycles. The molecule has 11 heteroatoms. The van der Waals surface area contributed by atoms with Gasteiger partial charge < -0.3 is 9.47 Å². The Morgan fingerprint density at radius 3 is 2.56 bits per heavy atom. The van der Waals surface area contributed by atoms with Gasteiger partial charge in [-0.25, -0.2) is 13.8 Å². The predicted octanol–water partition coefficient (Wildman–Crippen LogP) is 3.24. The van der Waals surface area contributed by atoms with Crippen molar-refractivity contribution in [3.05, 3.63) is 53.6 Å². The number of hydrazone groups is 1. The lowest BCUT2D eigenvalue weighted by Crippen LogP contribution is -2.35. The van der Waals surface area contributed by atoms with Gasteiger partial charge in [-0.2, -0.15) is 18.2 Å². The summed E-state index contributed by atoms with van der Waals surface area (Å²) >= 11 is 0. The topological polar surface area (TPSA) is 97.3 Å². The van der Waals surface area contributed by atoms with E-state index >= 15 is 0 Å². The van der Waals surface area contributed by atoms with Crippen LogP contribution in [0.3, 0.4) is 0 Å². The number of sulfonamides is 1. The molecule has 0 spiro atoms. The number of hydrogen-bond acceptors (Lipinski definition) is 6. The SMILES string of the molecule is COc1cc(/C=N\NC(=O)c2cccc(S(=O)(=O)N3CCCCC3)c2)ccc1OC(F)F. The highest BCUT2D eigenvalue weighted by Gasteiger charge is 2.26. The normalized spacial score (nSPS) is 15.1. The third-order valence-electron chi connectivity index (χ3n) is 4.83. The van der Waals surface area contributed by atoms with E-state index in [1.165, 1.54) is 60.1 Å². The first-order chi connectivity index (χ1) is 15.3. The molecule has 0 unspecified atom stereocenters. The summed E-state index contributed by atoms with van der Waals surface area (Å²) < 4.78 is 61.2. The zero-order chi connectivity index (χ0) is 23.1. The maximum atomic E-state index is 12.8. The molecule has 8 nitrogen and oxygen atoms in total. The molecule has 2 aromatic rings. The van der Waals surface area contributed by atoms with Crippen LogP contribution in [0.5, 0.6) is 11.5 Å².